The molecule has 7 heteroatoms. The summed E-state index contributed by atoms with van der Waals surface area (Å²) in [5, 5.41) is 9.59. The number of rotatable bonds is 9. The van der Waals surface area contributed by atoms with E-state index >= 15 is 0 Å². The van der Waals surface area contributed by atoms with Crippen LogP contribution in [-0.4, -0.2) is 43.1 Å². The van der Waals surface area contributed by atoms with Crippen LogP contribution >= 0.6 is 12.4 Å². The van der Waals surface area contributed by atoms with Gasteiger partial charge in [-0.2, -0.15) is 0 Å². The number of ether oxygens (including phenoxy) is 1. The number of halogens is 1. The molecule has 2 amide bonds. The van der Waals surface area contributed by atoms with Crippen molar-refractivity contribution >= 4 is 24.2 Å². The molecule has 2 bridgehead atoms. The first-order valence-electron chi connectivity index (χ1n) is 10.7. The van der Waals surface area contributed by atoms with Crippen LogP contribution < -0.4 is 20.7 Å². The molecule has 3 N–H and O–H groups in total. The molecule has 3 fully saturated rings. The lowest BCUT2D eigenvalue weighted by Crippen LogP contribution is -2.39. The maximum absolute atomic E-state index is 12.2. The summed E-state index contributed by atoms with van der Waals surface area (Å²) in [5.41, 5.74) is 1.15. The topological polar surface area (TPSA) is 79.5 Å². The first-order chi connectivity index (χ1) is 13.6. The van der Waals surface area contributed by atoms with Gasteiger partial charge < -0.3 is 20.7 Å². The van der Waals surface area contributed by atoms with E-state index in [0.29, 0.717) is 42.8 Å². The van der Waals surface area contributed by atoms with Gasteiger partial charge in [-0.05, 0) is 68.6 Å². The van der Waals surface area contributed by atoms with Crippen LogP contribution in [0.25, 0.3) is 0 Å². The summed E-state index contributed by atoms with van der Waals surface area (Å²) in [5.74, 6) is 1.34. The largest absolute Gasteiger partial charge is 0.484 e. The van der Waals surface area contributed by atoms with Crippen LogP contribution in [0.5, 0.6) is 5.75 Å². The Morgan fingerprint density at radius 3 is 2.34 bits per heavy atom. The van der Waals surface area contributed by atoms with Gasteiger partial charge in [-0.3, -0.25) is 9.59 Å². The van der Waals surface area contributed by atoms with Crippen LogP contribution in [0.15, 0.2) is 24.3 Å². The first kappa shape index (κ1) is 21.9. The van der Waals surface area contributed by atoms with Crippen molar-refractivity contribution in [3.8, 4) is 5.75 Å². The third kappa shape index (κ3) is 6.89. The molecule has 6 nitrogen and oxygen atoms in total. The third-order valence-electron chi connectivity index (χ3n) is 6.02. The number of piperidine rings is 1. The minimum atomic E-state index is -0.0592. The molecule has 1 saturated carbocycles. The van der Waals surface area contributed by atoms with Gasteiger partial charge in [0.1, 0.15) is 5.75 Å². The van der Waals surface area contributed by atoms with Gasteiger partial charge in [-0.15, -0.1) is 12.4 Å². The average molecular weight is 422 g/mol. The lowest BCUT2D eigenvalue weighted by atomic mass is 9.89. The zero-order chi connectivity index (χ0) is 19.3. The molecule has 29 heavy (non-hydrogen) atoms. The van der Waals surface area contributed by atoms with Crippen molar-refractivity contribution in [3.05, 3.63) is 29.8 Å². The molecule has 0 spiro atoms. The van der Waals surface area contributed by atoms with Crippen molar-refractivity contribution in [2.75, 3.05) is 13.2 Å². The molecule has 2 heterocycles. The van der Waals surface area contributed by atoms with Crippen LogP contribution in [0.3, 0.4) is 0 Å². The molecule has 2 atom stereocenters. The SMILES string of the molecule is Cl.O=C(CC1CC2CCC(C1)N2)NCCc1ccc(OCC(=O)NC2CC2)cc1. The Morgan fingerprint density at radius 2 is 1.69 bits per heavy atom. The van der Waals surface area contributed by atoms with E-state index in [1.54, 1.807) is 0 Å². The van der Waals surface area contributed by atoms with Crippen LogP contribution in [0.2, 0.25) is 0 Å². The second-order valence-corrected chi connectivity index (χ2v) is 8.55. The molecule has 2 saturated heterocycles. The Bertz CT molecular complexity index is 681. The summed E-state index contributed by atoms with van der Waals surface area (Å²) in [7, 11) is 0. The molecule has 3 aliphatic rings. The normalized spacial score (nSPS) is 25.0. The van der Waals surface area contributed by atoms with Gasteiger partial charge in [-0.25, -0.2) is 0 Å². The monoisotopic (exact) mass is 421 g/mol. The molecule has 0 aromatic heterocycles. The number of amides is 2. The fourth-order valence-corrected chi connectivity index (χ4v) is 4.42. The Morgan fingerprint density at radius 1 is 1.00 bits per heavy atom. The second-order valence-electron chi connectivity index (χ2n) is 8.55. The molecule has 1 aliphatic carbocycles. The molecule has 4 rings (SSSR count). The molecular formula is C22H32ClN3O3. The standard InChI is InChI=1S/C22H31N3O3.ClH/c26-21(13-16-11-18-5-6-19(12-16)24-18)23-10-9-15-1-7-20(8-2-15)28-14-22(27)25-17-3-4-17;/h1-2,7-8,16-19,24H,3-6,9-14H2,(H,23,26)(H,25,27);1H. The maximum Gasteiger partial charge on any atom is 0.258 e. The lowest BCUT2D eigenvalue weighted by molar-refractivity contribution is -0.123. The van der Waals surface area contributed by atoms with E-state index in [0.717, 1.165) is 37.7 Å². The lowest BCUT2D eigenvalue weighted by Gasteiger charge is -2.28. The number of hydrogen-bond acceptors (Lipinski definition) is 4. The smallest absolute Gasteiger partial charge is 0.258 e. The fourth-order valence-electron chi connectivity index (χ4n) is 4.42. The highest BCUT2D eigenvalue weighted by atomic mass is 35.5. The Hall–Kier alpha value is -1.79. The molecule has 2 unspecified atom stereocenters. The minimum absolute atomic E-state index is 0. The van der Waals surface area contributed by atoms with Crippen molar-refractivity contribution < 1.29 is 14.3 Å². The van der Waals surface area contributed by atoms with Gasteiger partial charge in [0.25, 0.3) is 5.91 Å². The summed E-state index contributed by atoms with van der Waals surface area (Å²) < 4.78 is 5.51. The fraction of sp³-hybridized carbons (Fsp3) is 0.636. The quantitative estimate of drug-likeness (QED) is 0.571. The summed E-state index contributed by atoms with van der Waals surface area (Å²) in [4.78, 5) is 23.9. The van der Waals surface area contributed by atoms with Gasteiger partial charge >= 0.3 is 0 Å². The van der Waals surface area contributed by atoms with Gasteiger partial charge in [-0.1, -0.05) is 12.1 Å². The molecule has 1 aromatic carbocycles. The summed E-state index contributed by atoms with van der Waals surface area (Å²) >= 11 is 0. The number of fused-ring (bicyclic) bond motifs is 2. The number of hydrogen-bond donors (Lipinski definition) is 3. The zero-order valence-corrected chi connectivity index (χ0v) is 17.6. The van der Waals surface area contributed by atoms with E-state index < -0.39 is 0 Å². The van der Waals surface area contributed by atoms with Gasteiger partial charge in [0.05, 0.1) is 0 Å². The van der Waals surface area contributed by atoms with Gasteiger partial charge in [0.2, 0.25) is 5.91 Å². The Balaban J connectivity index is 0.00000240. The van der Waals surface area contributed by atoms with E-state index in [4.69, 9.17) is 4.74 Å². The number of benzene rings is 1. The van der Waals surface area contributed by atoms with Crippen LogP contribution in [-0.2, 0) is 16.0 Å². The third-order valence-corrected chi connectivity index (χ3v) is 6.02. The first-order valence-corrected chi connectivity index (χ1v) is 10.7. The molecule has 0 radical (unpaired) electrons. The maximum atomic E-state index is 12.2. The van der Waals surface area contributed by atoms with Crippen LogP contribution in [0.4, 0.5) is 0 Å². The Labute approximate surface area is 178 Å². The van der Waals surface area contributed by atoms with Crippen molar-refractivity contribution in [3.63, 3.8) is 0 Å². The summed E-state index contributed by atoms with van der Waals surface area (Å²) in [6.45, 7) is 0.713. The highest BCUT2D eigenvalue weighted by molar-refractivity contribution is 5.85. The van der Waals surface area contributed by atoms with Crippen molar-refractivity contribution in [1.29, 1.82) is 0 Å². The number of carbonyl (C=O) groups is 2. The Kier molecular flexibility index (Phi) is 7.78. The van der Waals surface area contributed by atoms with Gasteiger partial charge in [0, 0.05) is 31.1 Å². The molecular weight excluding hydrogens is 390 g/mol. The van der Waals surface area contributed by atoms with Gasteiger partial charge in [0.15, 0.2) is 6.61 Å². The van der Waals surface area contributed by atoms with Crippen LogP contribution in [0.1, 0.15) is 50.5 Å². The molecule has 160 valence electrons. The van der Waals surface area contributed by atoms with E-state index in [1.807, 2.05) is 24.3 Å². The highest BCUT2D eigenvalue weighted by Gasteiger charge is 2.34. The van der Waals surface area contributed by atoms with Crippen LogP contribution in [0, 0.1) is 5.92 Å². The van der Waals surface area contributed by atoms with E-state index in [2.05, 4.69) is 16.0 Å². The molecule has 1 aromatic rings. The average Bonchev–Trinajstić information content (AvgIpc) is 3.43. The zero-order valence-electron chi connectivity index (χ0n) is 16.8. The predicted molar refractivity (Wildman–Crippen MR) is 114 cm³/mol. The van der Waals surface area contributed by atoms with E-state index in [1.165, 1.54) is 12.8 Å². The number of carbonyl (C=O) groups excluding carboxylic acids is 2. The summed E-state index contributed by atoms with van der Waals surface area (Å²) in [6.07, 6.45) is 8.44. The van der Waals surface area contributed by atoms with Crippen molar-refractivity contribution in [1.82, 2.24) is 16.0 Å². The summed E-state index contributed by atoms with van der Waals surface area (Å²) in [6, 6.07) is 9.38. The molecule has 2 aliphatic heterocycles. The highest BCUT2D eigenvalue weighted by Crippen LogP contribution is 2.32. The van der Waals surface area contributed by atoms with Crippen molar-refractivity contribution in [2.24, 2.45) is 5.92 Å². The minimum Gasteiger partial charge on any atom is -0.484 e. The van der Waals surface area contributed by atoms with E-state index in [9.17, 15) is 9.59 Å². The van der Waals surface area contributed by atoms with E-state index in [-0.39, 0.29) is 30.8 Å². The second kappa shape index (κ2) is 10.3. The predicted octanol–water partition coefficient (Wildman–Crippen LogP) is 2.35. The number of nitrogens with one attached hydrogen (secondary N) is 3. The van der Waals surface area contributed by atoms with Crippen molar-refractivity contribution in [2.45, 2.75) is 69.5 Å².